The predicted octanol–water partition coefficient (Wildman–Crippen LogP) is 2.73. The summed E-state index contributed by atoms with van der Waals surface area (Å²) in [4.78, 5) is 6.95. The molecule has 0 radical (unpaired) electrons. The molecule has 5 nitrogen and oxygen atoms in total. The van der Waals surface area contributed by atoms with E-state index < -0.39 is 0 Å². The van der Waals surface area contributed by atoms with E-state index in [4.69, 9.17) is 23.2 Å². The predicted molar refractivity (Wildman–Crippen MR) is 96.0 cm³/mol. The number of aromatic nitrogens is 1. The molecule has 0 aliphatic rings. The molecule has 0 bridgehead atoms. The van der Waals surface area contributed by atoms with Gasteiger partial charge in [-0.05, 0) is 26.1 Å². The molecule has 126 valence electrons. The maximum Gasteiger partial charge on any atom is 0.191 e. The van der Waals surface area contributed by atoms with Crippen LogP contribution in [-0.2, 0) is 13.6 Å². The van der Waals surface area contributed by atoms with E-state index in [0.717, 1.165) is 44.4 Å². The minimum atomic E-state index is 0.531. The van der Waals surface area contributed by atoms with Gasteiger partial charge in [0.25, 0.3) is 0 Å². The van der Waals surface area contributed by atoms with E-state index in [1.807, 2.05) is 17.7 Å². The lowest BCUT2D eigenvalue weighted by atomic mass is 10.4. The van der Waals surface area contributed by atoms with Crippen LogP contribution in [0.3, 0.4) is 0 Å². The highest BCUT2D eigenvalue weighted by Gasteiger charge is 2.08. The Labute approximate surface area is 143 Å². The van der Waals surface area contributed by atoms with Gasteiger partial charge in [0.05, 0.1) is 11.6 Å². The number of nitrogens with zero attached hydrogens (tertiary/aromatic N) is 3. The van der Waals surface area contributed by atoms with Gasteiger partial charge in [0.1, 0.15) is 5.15 Å². The van der Waals surface area contributed by atoms with Gasteiger partial charge in [-0.2, -0.15) is 0 Å². The highest BCUT2D eigenvalue weighted by molar-refractivity contribution is 6.41. The highest BCUT2D eigenvalue weighted by Crippen LogP contribution is 2.25. The van der Waals surface area contributed by atoms with E-state index in [0.29, 0.717) is 16.7 Å². The van der Waals surface area contributed by atoms with Gasteiger partial charge in [-0.25, -0.2) is 4.99 Å². The van der Waals surface area contributed by atoms with Crippen LogP contribution < -0.4 is 10.6 Å². The van der Waals surface area contributed by atoms with Crippen LogP contribution in [0.25, 0.3) is 0 Å². The fourth-order valence-electron chi connectivity index (χ4n) is 2.11. The van der Waals surface area contributed by atoms with Crippen LogP contribution in [0, 0.1) is 0 Å². The number of hydrogen-bond donors (Lipinski definition) is 2. The third-order valence-corrected chi connectivity index (χ3v) is 4.42. The Kier molecular flexibility index (Phi) is 8.68. The van der Waals surface area contributed by atoms with Gasteiger partial charge >= 0.3 is 0 Å². The van der Waals surface area contributed by atoms with E-state index in [-0.39, 0.29) is 0 Å². The van der Waals surface area contributed by atoms with E-state index in [9.17, 15) is 0 Å². The average molecular weight is 348 g/mol. The van der Waals surface area contributed by atoms with Crippen LogP contribution in [0.2, 0.25) is 10.2 Å². The maximum absolute atomic E-state index is 6.07. The van der Waals surface area contributed by atoms with Crippen LogP contribution in [-0.4, -0.2) is 48.2 Å². The lowest BCUT2D eigenvalue weighted by Crippen LogP contribution is -2.41. The zero-order valence-corrected chi connectivity index (χ0v) is 15.4. The smallest absolute Gasteiger partial charge is 0.191 e. The summed E-state index contributed by atoms with van der Waals surface area (Å²) in [7, 11) is 1.89. The number of rotatable bonds is 8. The molecule has 0 spiro atoms. The van der Waals surface area contributed by atoms with E-state index >= 15 is 0 Å². The van der Waals surface area contributed by atoms with Gasteiger partial charge in [-0.15, -0.1) is 0 Å². The monoisotopic (exact) mass is 347 g/mol. The second-order valence-corrected chi connectivity index (χ2v) is 5.75. The van der Waals surface area contributed by atoms with Crippen LogP contribution in [0.5, 0.6) is 0 Å². The van der Waals surface area contributed by atoms with Crippen molar-refractivity contribution in [3.05, 3.63) is 21.9 Å². The van der Waals surface area contributed by atoms with Crippen molar-refractivity contribution in [3.63, 3.8) is 0 Å². The Morgan fingerprint density at radius 1 is 1.23 bits per heavy atom. The molecule has 1 rings (SSSR count). The Bertz CT molecular complexity index is 481. The number of likely N-dealkylation sites (N-methyl/N-ethyl adjacent to an activating group) is 1. The lowest BCUT2D eigenvalue weighted by molar-refractivity contribution is 0.308. The second-order valence-electron chi connectivity index (χ2n) is 4.98. The Morgan fingerprint density at radius 3 is 2.41 bits per heavy atom. The molecule has 1 aromatic heterocycles. The molecule has 0 saturated heterocycles. The summed E-state index contributed by atoms with van der Waals surface area (Å²) in [6.45, 7) is 11.7. The first-order chi connectivity index (χ1) is 10.5. The topological polar surface area (TPSA) is 44.6 Å². The molecule has 0 saturated carbocycles. The first-order valence-electron chi connectivity index (χ1n) is 7.77. The van der Waals surface area contributed by atoms with Gasteiger partial charge in [0.15, 0.2) is 5.96 Å². The van der Waals surface area contributed by atoms with E-state index in [2.05, 4.69) is 41.3 Å². The number of aliphatic imine (C=N–C) groups is 1. The van der Waals surface area contributed by atoms with Crippen molar-refractivity contribution in [3.8, 4) is 0 Å². The molecule has 0 fully saturated rings. The van der Waals surface area contributed by atoms with Gasteiger partial charge in [0.2, 0.25) is 0 Å². The summed E-state index contributed by atoms with van der Waals surface area (Å²) in [5.41, 5.74) is 0.982. The van der Waals surface area contributed by atoms with Crippen molar-refractivity contribution < 1.29 is 0 Å². The van der Waals surface area contributed by atoms with Gasteiger partial charge in [-0.3, -0.25) is 0 Å². The number of nitrogens with one attached hydrogen (secondary N) is 2. The molecule has 22 heavy (non-hydrogen) atoms. The summed E-state index contributed by atoms with van der Waals surface area (Å²) in [6, 6.07) is 1.85. The van der Waals surface area contributed by atoms with Gasteiger partial charge < -0.3 is 20.1 Å². The SMILES string of the molecule is CCNC(=NCc1cc(Cl)c(Cl)n1C)NCCN(CC)CC. The van der Waals surface area contributed by atoms with Crippen LogP contribution in [0.15, 0.2) is 11.1 Å². The Balaban J connectivity index is 2.59. The number of hydrogen-bond acceptors (Lipinski definition) is 2. The summed E-state index contributed by atoms with van der Waals surface area (Å²) in [6.07, 6.45) is 0. The van der Waals surface area contributed by atoms with E-state index in [1.54, 1.807) is 0 Å². The number of halogens is 2. The van der Waals surface area contributed by atoms with Crippen molar-refractivity contribution in [1.29, 1.82) is 0 Å². The normalized spacial score (nSPS) is 12.0. The summed E-state index contributed by atoms with van der Waals surface area (Å²) >= 11 is 12.1. The van der Waals surface area contributed by atoms with Crippen molar-refractivity contribution in [2.24, 2.45) is 12.0 Å². The zero-order valence-electron chi connectivity index (χ0n) is 13.9. The van der Waals surface area contributed by atoms with Crippen LogP contribution in [0.1, 0.15) is 26.5 Å². The lowest BCUT2D eigenvalue weighted by Gasteiger charge is -2.19. The number of guanidine groups is 1. The average Bonchev–Trinajstić information content (AvgIpc) is 2.76. The minimum absolute atomic E-state index is 0.531. The standard InChI is InChI=1S/C15H27Cl2N5/c1-5-18-15(19-8-9-22(6-2)7-3)20-11-12-10-13(16)14(17)21(12)4/h10H,5-9,11H2,1-4H3,(H2,18,19,20). The largest absolute Gasteiger partial charge is 0.357 e. The quantitative estimate of drug-likeness (QED) is 0.561. The Morgan fingerprint density at radius 2 is 1.91 bits per heavy atom. The van der Waals surface area contributed by atoms with Crippen molar-refractivity contribution >= 4 is 29.2 Å². The minimum Gasteiger partial charge on any atom is -0.357 e. The van der Waals surface area contributed by atoms with Crippen molar-refractivity contribution in [2.45, 2.75) is 27.3 Å². The molecular formula is C15H27Cl2N5. The van der Waals surface area contributed by atoms with Crippen LogP contribution in [0.4, 0.5) is 0 Å². The van der Waals surface area contributed by atoms with Crippen LogP contribution >= 0.6 is 23.2 Å². The summed E-state index contributed by atoms with van der Waals surface area (Å²) in [5, 5.41) is 7.71. The molecule has 7 heteroatoms. The maximum atomic E-state index is 6.07. The molecule has 0 unspecified atom stereocenters. The second kappa shape index (κ2) is 9.98. The third-order valence-electron chi connectivity index (χ3n) is 3.57. The molecule has 0 aliphatic heterocycles. The summed E-state index contributed by atoms with van der Waals surface area (Å²) < 4.78 is 1.85. The van der Waals surface area contributed by atoms with Crippen molar-refractivity contribution in [1.82, 2.24) is 20.1 Å². The fraction of sp³-hybridized carbons (Fsp3) is 0.667. The fourth-order valence-corrected chi connectivity index (χ4v) is 2.53. The molecule has 1 aromatic rings. The molecule has 0 amide bonds. The molecule has 0 aliphatic carbocycles. The van der Waals surface area contributed by atoms with Crippen molar-refractivity contribution in [2.75, 3.05) is 32.7 Å². The zero-order chi connectivity index (χ0) is 16.5. The highest BCUT2D eigenvalue weighted by atomic mass is 35.5. The first kappa shape index (κ1) is 19.1. The Hall–Kier alpha value is -0.910. The molecule has 0 aromatic carbocycles. The molecule has 2 N–H and O–H groups in total. The van der Waals surface area contributed by atoms with Gasteiger partial charge in [0, 0.05) is 32.4 Å². The van der Waals surface area contributed by atoms with E-state index in [1.165, 1.54) is 0 Å². The molecule has 0 atom stereocenters. The third kappa shape index (κ3) is 5.71. The molecular weight excluding hydrogens is 321 g/mol. The summed E-state index contributed by atoms with van der Waals surface area (Å²) in [5.74, 6) is 0.808. The van der Waals surface area contributed by atoms with Gasteiger partial charge in [-0.1, -0.05) is 37.0 Å². The first-order valence-corrected chi connectivity index (χ1v) is 8.53. The molecule has 1 heterocycles.